The zero-order valence-electron chi connectivity index (χ0n) is 7.71. The normalized spacial score (nSPS) is 10.1. The molecule has 0 N–H and O–H groups in total. The molecular weight excluding hydrogens is 178 g/mol. The van der Waals surface area contributed by atoms with E-state index >= 15 is 0 Å². The molecule has 2 aromatic rings. The number of hydrogen-bond donors (Lipinski definition) is 0. The van der Waals surface area contributed by atoms with Gasteiger partial charge in [0.25, 0.3) is 5.69 Å². The van der Waals surface area contributed by atoms with Gasteiger partial charge >= 0.3 is 0 Å². The Morgan fingerprint density at radius 1 is 1.21 bits per heavy atom. The van der Waals surface area contributed by atoms with Crippen molar-refractivity contribution in [2.24, 2.45) is 0 Å². The molecule has 2 heterocycles. The van der Waals surface area contributed by atoms with Crippen LogP contribution in [0.2, 0.25) is 0 Å². The number of rotatable bonds is 1. The van der Waals surface area contributed by atoms with Gasteiger partial charge in [-0.3, -0.25) is 0 Å². The Hall–Kier alpha value is -1.97. The molecule has 0 fully saturated rings. The van der Waals surface area contributed by atoms with Gasteiger partial charge in [-0.25, -0.2) is 9.97 Å². The molecule has 70 valence electrons. The van der Waals surface area contributed by atoms with Gasteiger partial charge in [0.15, 0.2) is 6.20 Å². The van der Waals surface area contributed by atoms with Crippen LogP contribution in [0.4, 0.5) is 0 Å². The lowest BCUT2D eigenvalue weighted by atomic mass is 10.2. The Kier molecular flexibility index (Phi) is 2.10. The predicted octanol–water partition coefficient (Wildman–Crippen LogP) is 1.09. The lowest BCUT2D eigenvalue weighted by Crippen LogP contribution is -2.29. The van der Waals surface area contributed by atoms with E-state index in [9.17, 15) is 5.21 Å². The summed E-state index contributed by atoms with van der Waals surface area (Å²) in [4.78, 5) is 8.02. The molecule has 0 aliphatic carbocycles. The molecule has 0 aliphatic heterocycles. The van der Waals surface area contributed by atoms with E-state index < -0.39 is 0 Å². The van der Waals surface area contributed by atoms with Crippen LogP contribution in [0.15, 0.2) is 36.8 Å². The molecule has 0 spiro atoms. The Labute approximate surface area is 81.5 Å². The highest BCUT2D eigenvalue weighted by Gasteiger charge is 2.09. The minimum absolute atomic E-state index is 0.447. The van der Waals surface area contributed by atoms with Crippen LogP contribution in [0.25, 0.3) is 11.5 Å². The van der Waals surface area contributed by atoms with Crippen molar-refractivity contribution < 1.29 is 4.73 Å². The van der Waals surface area contributed by atoms with Crippen molar-refractivity contribution in [1.29, 1.82) is 0 Å². The molecule has 2 aromatic heterocycles. The first-order valence-electron chi connectivity index (χ1n) is 4.24. The fourth-order valence-electron chi connectivity index (χ4n) is 1.19. The molecule has 4 heteroatoms. The minimum atomic E-state index is 0.447. The van der Waals surface area contributed by atoms with E-state index in [0.29, 0.717) is 11.5 Å². The van der Waals surface area contributed by atoms with Crippen LogP contribution in [-0.4, -0.2) is 9.97 Å². The Bertz CT molecular complexity index is 442. The van der Waals surface area contributed by atoms with Gasteiger partial charge in [-0.05, 0) is 19.1 Å². The first-order valence-corrected chi connectivity index (χ1v) is 4.24. The first kappa shape index (κ1) is 8.62. The van der Waals surface area contributed by atoms with Crippen molar-refractivity contribution in [3.8, 4) is 11.5 Å². The van der Waals surface area contributed by atoms with E-state index in [4.69, 9.17) is 0 Å². The molecular formula is C10H9N3O. The number of aryl methyl sites for hydroxylation is 1. The summed E-state index contributed by atoms with van der Waals surface area (Å²) in [6.45, 7) is 1.87. The second-order valence-corrected chi connectivity index (χ2v) is 2.99. The first-order chi connectivity index (χ1) is 6.77. The molecule has 0 saturated heterocycles. The molecule has 0 aliphatic rings. The SMILES string of the molecule is Cc1ccc(-c2ncccn2)[n+]([O-])c1. The van der Waals surface area contributed by atoms with Crippen LogP contribution in [0.1, 0.15) is 5.56 Å². The van der Waals surface area contributed by atoms with Gasteiger partial charge in [0.05, 0.1) is 0 Å². The van der Waals surface area contributed by atoms with Crippen molar-refractivity contribution in [3.05, 3.63) is 47.6 Å². The zero-order valence-corrected chi connectivity index (χ0v) is 7.71. The second-order valence-electron chi connectivity index (χ2n) is 2.99. The van der Waals surface area contributed by atoms with Gasteiger partial charge in [0, 0.05) is 24.0 Å². The Morgan fingerprint density at radius 3 is 2.57 bits per heavy atom. The fourth-order valence-corrected chi connectivity index (χ4v) is 1.19. The van der Waals surface area contributed by atoms with Gasteiger partial charge in [-0.15, -0.1) is 0 Å². The standard InChI is InChI=1S/C10H9N3O/c1-8-3-4-9(13(14)7-8)10-11-5-2-6-12-10/h2-7H,1H3. The molecule has 0 bridgehead atoms. The van der Waals surface area contributed by atoms with E-state index in [1.165, 1.54) is 6.20 Å². The summed E-state index contributed by atoms with van der Waals surface area (Å²) in [5, 5.41) is 11.5. The summed E-state index contributed by atoms with van der Waals surface area (Å²) in [6, 6.07) is 5.30. The van der Waals surface area contributed by atoms with Gasteiger partial charge < -0.3 is 5.21 Å². The number of hydrogen-bond acceptors (Lipinski definition) is 3. The highest BCUT2D eigenvalue weighted by molar-refractivity contribution is 5.44. The van der Waals surface area contributed by atoms with Crippen molar-refractivity contribution in [3.63, 3.8) is 0 Å². The average Bonchev–Trinajstić information content (AvgIpc) is 2.19. The molecule has 2 rings (SSSR count). The lowest BCUT2D eigenvalue weighted by Gasteiger charge is -2.02. The smallest absolute Gasteiger partial charge is 0.261 e. The Balaban J connectivity index is 2.53. The third-order valence-electron chi connectivity index (χ3n) is 1.86. The summed E-state index contributed by atoms with van der Waals surface area (Å²) in [7, 11) is 0. The topological polar surface area (TPSA) is 52.7 Å². The van der Waals surface area contributed by atoms with Gasteiger partial charge in [0.1, 0.15) is 0 Å². The maximum atomic E-state index is 11.5. The molecule has 0 amide bonds. The number of nitrogens with zero attached hydrogens (tertiary/aromatic N) is 3. The largest absolute Gasteiger partial charge is 0.618 e. The highest BCUT2D eigenvalue weighted by Crippen LogP contribution is 2.08. The summed E-state index contributed by atoms with van der Waals surface area (Å²) >= 11 is 0. The molecule has 0 saturated carbocycles. The predicted molar refractivity (Wildman–Crippen MR) is 51.2 cm³/mol. The molecule has 14 heavy (non-hydrogen) atoms. The monoisotopic (exact) mass is 187 g/mol. The maximum Gasteiger partial charge on any atom is 0.261 e. The summed E-state index contributed by atoms with van der Waals surface area (Å²) in [5.74, 6) is 0.447. The molecule has 0 atom stereocenters. The third-order valence-corrected chi connectivity index (χ3v) is 1.86. The van der Waals surface area contributed by atoms with E-state index in [1.807, 2.05) is 13.0 Å². The highest BCUT2D eigenvalue weighted by atomic mass is 16.5. The van der Waals surface area contributed by atoms with Gasteiger partial charge in [-0.2, -0.15) is 4.73 Å². The van der Waals surface area contributed by atoms with E-state index in [2.05, 4.69) is 9.97 Å². The third kappa shape index (κ3) is 1.54. The second kappa shape index (κ2) is 3.41. The van der Waals surface area contributed by atoms with Crippen LogP contribution >= 0.6 is 0 Å². The average molecular weight is 187 g/mol. The maximum absolute atomic E-state index is 11.5. The summed E-state index contributed by atoms with van der Waals surface area (Å²) < 4.78 is 0.782. The van der Waals surface area contributed by atoms with Crippen molar-refractivity contribution in [2.75, 3.05) is 0 Å². The molecule has 0 unspecified atom stereocenters. The van der Waals surface area contributed by atoms with Crippen LogP contribution in [0, 0.1) is 12.1 Å². The summed E-state index contributed by atoms with van der Waals surface area (Å²) in [5.41, 5.74) is 1.39. The van der Waals surface area contributed by atoms with E-state index in [0.717, 1.165) is 10.3 Å². The number of aromatic nitrogens is 3. The minimum Gasteiger partial charge on any atom is -0.618 e. The van der Waals surface area contributed by atoms with Crippen molar-refractivity contribution in [2.45, 2.75) is 6.92 Å². The van der Waals surface area contributed by atoms with Gasteiger partial charge in [-0.1, -0.05) is 0 Å². The molecule has 4 nitrogen and oxygen atoms in total. The van der Waals surface area contributed by atoms with E-state index in [-0.39, 0.29) is 0 Å². The molecule has 0 aromatic carbocycles. The summed E-state index contributed by atoms with van der Waals surface area (Å²) in [6.07, 6.45) is 4.73. The zero-order chi connectivity index (χ0) is 9.97. The quantitative estimate of drug-likeness (QED) is 0.496. The molecule has 0 radical (unpaired) electrons. The van der Waals surface area contributed by atoms with Crippen LogP contribution < -0.4 is 4.73 Å². The van der Waals surface area contributed by atoms with Crippen LogP contribution in [0.5, 0.6) is 0 Å². The van der Waals surface area contributed by atoms with E-state index in [1.54, 1.807) is 24.5 Å². The van der Waals surface area contributed by atoms with Crippen molar-refractivity contribution in [1.82, 2.24) is 9.97 Å². The van der Waals surface area contributed by atoms with Gasteiger partial charge in [0.2, 0.25) is 5.82 Å². The fraction of sp³-hybridized carbons (Fsp3) is 0.100. The van der Waals surface area contributed by atoms with Crippen LogP contribution in [0.3, 0.4) is 0 Å². The van der Waals surface area contributed by atoms with Crippen molar-refractivity contribution >= 4 is 0 Å². The van der Waals surface area contributed by atoms with Crippen LogP contribution in [-0.2, 0) is 0 Å². The Morgan fingerprint density at radius 2 is 1.93 bits per heavy atom. The number of pyridine rings is 1. The lowest BCUT2D eigenvalue weighted by molar-refractivity contribution is -0.594.